The van der Waals surface area contributed by atoms with Gasteiger partial charge in [0.15, 0.2) is 0 Å². The average molecular weight is 295 g/mol. The smallest absolute Gasteiger partial charge is 0.412 e. The highest BCUT2D eigenvalue weighted by Crippen LogP contribution is 2.16. The number of rotatable bonds is 3. The first-order valence-electron chi connectivity index (χ1n) is 6.09. The Labute approximate surface area is 121 Å². The summed E-state index contributed by atoms with van der Waals surface area (Å²) in [5.74, 6) is -0.829. The molecule has 0 saturated heterocycles. The van der Waals surface area contributed by atoms with E-state index < -0.39 is 17.5 Å². The first-order chi connectivity index (χ1) is 9.67. The molecule has 1 aromatic carbocycles. The van der Waals surface area contributed by atoms with E-state index in [0.717, 1.165) is 0 Å². The van der Waals surface area contributed by atoms with Crippen LogP contribution in [0.4, 0.5) is 14.9 Å². The van der Waals surface area contributed by atoms with Gasteiger partial charge in [0.1, 0.15) is 11.4 Å². The summed E-state index contributed by atoms with van der Waals surface area (Å²) in [6.07, 6.45) is 0.545. The van der Waals surface area contributed by atoms with Crippen molar-refractivity contribution in [2.24, 2.45) is 21.7 Å². The van der Waals surface area contributed by atoms with E-state index in [1.54, 1.807) is 26.8 Å². The lowest BCUT2D eigenvalue weighted by molar-refractivity contribution is 0.0635. The van der Waals surface area contributed by atoms with Crippen molar-refractivity contribution >= 4 is 24.0 Å². The van der Waals surface area contributed by atoms with Gasteiger partial charge in [-0.25, -0.2) is 9.18 Å². The van der Waals surface area contributed by atoms with Gasteiger partial charge >= 0.3 is 6.09 Å². The molecule has 0 aliphatic rings. The van der Waals surface area contributed by atoms with Gasteiger partial charge in [-0.1, -0.05) is 6.07 Å². The standard InChI is InChI=1S/C13H18FN5O2/c1-13(2,3)21-12(20)18-10-5-4-8(6-9(10)14)7-17-19-11(15)16/h4-7H,1-3H3,(H,18,20)(H4,15,16,19). The number of nitrogens with zero attached hydrogens (tertiary/aromatic N) is 2. The van der Waals surface area contributed by atoms with Gasteiger partial charge in [0.25, 0.3) is 0 Å². The largest absolute Gasteiger partial charge is 0.444 e. The third kappa shape index (κ3) is 6.37. The van der Waals surface area contributed by atoms with E-state index in [-0.39, 0.29) is 11.6 Å². The van der Waals surface area contributed by atoms with E-state index in [9.17, 15) is 9.18 Å². The van der Waals surface area contributed by atoms with E-state index in [4.69, 9.17) is 16.2 Å². The van der Waals surface area contributed by atoms with Gasteiger partial charge in [0.05, 0.1) is 11.9 Å². The lowest BCUT2D eigenvalue weighted by Gasteiger charge is -2.19. The zero-order valence-corrected chi connectivity index (χ0v) is 12.1. The summed E-state index contributed by atoms with van der Waals surface area (Å²) in [6, 6.07) is 4.11. The number of nitrogens with two attached hydrogens (primary N) is 2. The molecule has 114 valence electrons. The molecule has 0 atom stereocenters. The molecule has 0 saturated carbocycles. The SMILES string of the molecule is CC(C)(C)OC(=O)Nc1ccc(C=NN=C(N)N)cc1F. The maximum atomic E-state index is 13.8. The highest BCUT2D eigenvalue weighted by atomic mass is 19.1. The van der Waals surface area contributed by atoms with Crippen molar-refractivity contribution in [2.75, 3.05) is 5.32 Å². The number of guanidine groups is 1. The van der Waals surface area contributed by atoms with E-state index in [2.05, 4.69) is 15.5 Å². The number of hydrogen-bond acceptors (Lipinski definition) is 4. The Morgan fingerprint density at radius 3 is 2.57 bits per heavy atom. The molecule has 7 nitrogen and oxygen atoms in total. The van der Waals surface area contributed by atoms with Gasteiger partial charge in [0.2, 0.25) is 5.96 Å². The average Bonchev–Trinajstić information content (AvgIpc) is 2.29. The molecule has 0 aliphatic heterocycles. The lowest BCUT2D eigenvalue weighted by Crippen LogP contribution is -2.27. The molecule has 0 radical (unpaired) electrons. The van der Waals surface area contributed by atoms with Gasteiger partial charge in [-0.2, -0.15) is 5.10 Å². The Morgan fingerprint density at radius 2 is 2.05 bits per heavy atom. The van der Waals surface area contributed by atoms with Crippen molar-refractivity contribution < 1.29 is 13.9 Å². The summed E-state index contributed by atoms with van der Waals surface area (Å²) in [7, 11) is 0. The van der Waals surface area contributed by atoms with Gasteiger partial charge < -0.3 is 16.2 Å². The molecule has 0 fully saturated rings. The zero-order valence-electron chi connectivity index (χ0n) is 12.1. The van der Waals surface area contributed by atoms with E-state index in [1.165, 1.54) is 18.3 Å². The molecule has 0 aromatic heterocycles. The van der Waals surface area contributed by atoms with Crippen molar-refractivity contribution in [3.05, 3.63) is 29.6 Å². The second-order valence-electron chi connectivity index (χ2n) is 5.14. The highest BCUT2D eigenvalue weighted by Gasteiger charge is 2.17. The number of carbonyl (C=O) groups is 1. The molecular formula is C13H18FN5O2. The first-order valence-corrected chi connectivity index (χ1v) is 6.09. The second-order valence-corrected chi connectivity index (χ2v) is 5.14. The molecule has 0 unspecified atom stereocenters. The van der Waals surface area contributed by atoms with Crippen LogP contribution < -0.4 is 16.8 Å². The number of carbonyl (C=O) groups excluding carboxylic acids is 1. The lowest BCUT2D eigenvalue weighted by atomic mass is 10.2. The number of anilines is 1. The van der Waals surface area contributed by atoms with Crippen molar-refractivity contribution in [1.82, 2.24) is 0 Å². The Balaban J connectivity index is 2.77. The van der Waals surface area contributed by atoms with Crippen LogP contribution >= 0.6 is 0 Å². The van der Waals surface area contributed by atoms with E-state index in [0.29, 0.717) is 5.56 Å². The Hall–Kier alpha value is -2.64. The summed E-state index contributed by atoms with van der Waals surface area (Å²) in [4.78, 5) is 11.5. The topological polar surface area (TPSA) is 115 Å². The van der Waals surface area contributed by atoms with Crippen LogP contribution in [0.15, 0.2) is 28.4 Å². The molecule has 0 aliphatic carbocycles. The van der Waals surface area contributed by atoms with Gasteiger partial charge in [-0.3, -0.25) is 5.32 Å². The maximum Gasteiger partial charge on any atom is 0.412 e. The molecule has 0 heterocycles. The third-order valence-corrected chi connectivity index (χ3v) is 2.01. The summed E-state index contributed by atoms with van der Waals surface area (Å²) < 4.78 is 18.8. The number of halogens is 1. The molecular weight excluding hydrogens is 277 g/mol. The van der Waals surface area contributed by atoms with Gasteiger partial charge in [-0.15, -0.1) is 5.10 Å². The predicted molar refractivity (Wildman–Crippen MR) is 79.7 cm³/mol. The number of amides is 1. The summed E-state index contributed by atoms with van der Waals surface area (Å²) in [5.41, 5.74) is 9.97. The van der Waals surface area contributed by atoms with Crippen LogP contribution in [0.1, 0.15) is 26.3 Å². The minimum absolute atomic E-state index is 0.00300. The van der Waals surface area contributed by atoms with Crippen molar-refractivity contribution in [2.45, 2.75) is 26.4 Å². The molecule has 0 bridgehead atoms. The third-order valence-electron chi connectivity index (χ3n) is 2.01. The fourth-order valence-electron chi connectivity index (χ4n) is 1.29. The number of benzene rings is 1. The van der Waals surface area contributed by atoms with Crippen LogP contribution in [0.25, 0.3) is 0 Å². The zero-order chi connectivity index (χ0) is 16.0. The van der Waals surface area contributed by atoms with Crippen LogP contribution in [0, 0.1) is 5.82 Å². The van der Waals surface area contributed by atoms with E-state index >= 15 is 0 Å². The Kier molecular flexibility index (Phi) is 5.23. The van der Waals surface area contributed by atoms with Crippen molar-refractivity contribution in [3.63, 3.8) is 0 Å². The monoisotopic (exact) mass is 295 g/mol. The second kappa shape index (κ2) is 6.69. The van der Waals surface area contributed by atoms with Crippen LogP contribution in [-0.2, 0) is 4.74 Å². The Bertz CT molecular complexity index is 574. The van der Waals surface area contributed by atoms with Crippen molar-refractivity contribution in [3.8, 4) is 0 Å². The predicted octanol–water partition coefficient (Wildman–Crippen LogP) is 1.78. The molecule has 21 heavy (non-hydrogen) atoms. The quantitative estimate of drug-likeness (QED) is 0.448. The van der Waals surface area contributed by atoms with E-state index in [1.807, 2.05) is 0 Å². The molecule has 0 spiro atoms. The highest BCUT2D eigenvalue weighted by molar-refractivity contribution is 5.87. The number of hydrogen-bond donors (Lipinski definition) is 3. The summed E-state index contributed by atoms with van der Waals surface area (Å²) >= 11 is 0. The molecule has 1 amide bonds. The van der Waals surface area contributed by atoms with Crippen LogP contribution in [0.3, 0.4) is 0 Å². The normalized spacial score (nSPS) is 11.2. The Morgan fingerprint density at radius 1 is 1.38 bits per heavy atom. The summed E-state index contributed by atoms with van der Waals surface area (Å²) in [5, 5.41) is 9.27. The molecule has 5 N–H and O–H groups in total. The van der Waals surface area contributed by atoms with Crippen LogP contribution in [0.5, 0.6) is 0 Å². The van der Waals surface area contributed by atoms with Gasteiger partial charge in [-0.05, 0) is 38.5 Å². The summed E-state index contributed by atoms with van der Waals surface area (Å²) in [6.45, 7) is 5.14. The number of ether oxygens (including phenoxy) is 1. The van der Waals surface area contributed by atoms with Crippen LogP contribution in [0.2, 0.25) is 0 Å². The van der Waals surface area contributed by atoms with Crippen LogP contribution in [-0.4, -0.2) is 23.9 Å². The minimum Gasteiger partial charge on any atom is -0.444 e. The number of nitrogens with one attached hydrogen (secondary N) is 1. The fourth-order valence-corrected chi connectivity index (χ4v) is 1.29. The van der Waals surface area contributed by atoms with Gasteiger partial charge in [0, 0.05) is 0 Å². The fraction of sp³-hybridized carbons (Fsp3) is 0.308. The first kappa shape index (κ1) is 16.4. The minimum atomic E-state index is -0.733. The molecule has 8 heteroatoms. The molecule has 1 aromatic rings. The van der Waals surface area contributed by atoms with Crippen molar-refractivity contribution in [1.29, 1.82) is 0 Å². The molecule has 1 rings (SSSR count). The maximum absolute atomic E-state index is 13.8.